The standard InChI is InChI=1S/C25H36BNO2/c1-18(2)21-15-12-16-22(19(3)4)23(21)27(17-20-13-10-9-11-14-20)26-28-24(5,6)25(7,8)29-26/h9-16,18-19H,17H2,1-8H3. The predicted octanol–water partition coefficient (Wildman–Crippen LogP) is 6.53. The SMILES string of the molecule is CC(C)c1cccc(C(C)C)c1N(Cc1ccccc1)B1OC(C)(C)C(C)(C)O1. The topological polar surface area (TPSA) is 21.7 Å². The largest absolute Gasteiger partial charge is 0.594 e. The molecule has 1 fully saturated rings. The second-order valence-electron chi connectivity index (χ2n) is 9.77. The van der Waals surface area contributed by atoms with Crippen molar-refractivity contribution in [1.29, 1.82) is 0 Å². The molecule has 0 aliphatic carbocycles. The van der Waals surface area contributed by atoms with Crippen molar-refractivity contribution >= 4 is 12.9 Å². The Labute approximate surface area is 177 Å². The van der Waals surface area contributed by atoms with E-state index in [2.05, 4.69) is 109 Å². The summed E-state index contributed by atoms with van der Waals surface area (Å²) in [7, 11) is -0.433. The van der Waals surface area contributed by atoms with Gasteiger partial charge in [-0.2, -0.15) is 0 Å². The van der Waals surface area contributed by atoms with Crippen molar-refractivity contribution < 1.29 is 9.31 Å². The molecular weight excluding hydrogens is 357 g/mol. The van der Waals surface area contributed by atoms with Gasteiger partial charge in [0.2, 0.25) is 0 Å². The highest BCUT2D eigenvalue weighted by Crippen LogP contribution is 2.42. The van der Waals surface area contributed by atoms with E-state index in [1.54, 1.807) is 0 Å². The van der Waals surface area contributed by atoms with Gasteiger partial charge in [0.1, 0.15) is 0 Å². The summed E-state index contributed by atoms with van der Waals surface area (Å²) in [4.78, 5) is 2.33. The first-order chi connectivity index (χ1) is 13.5. The van der Waals surface area contributed by atoms with Gasteiger partial charge in [-0.1, -0.05) is 76.2 Å². The predicted molar refractivity (Wildman–Crippen MR) is 123 cm³/mol. The summed E-state index contributed by atoms with van der Waals surface area (Å²) in [6.07, 6.45) is 0. The number of para-hydroxylation sites is 1. The summed E-state index contributed by atoms with van der Waals surface area (Å²) >= 11 is 0. The van der Waals surface area contributed by atoms with Gasteiger partial charge in [0, 0.05) is 12.2 Å². The zero-order chi connectivity index (χ0) is 21.4. The third kappa shape index (κ3) is 4.39. The van der Waals surface area contributed by atoms with Gasteiger partial charge in [-0.25, -0.2) is 0 Å². The third-order valence-electron chi connectivity index (χ3n) is 6.32. The van der Waals surface area contributed by atoms with Crippen LogP contribution in [0.15, 0.2) is 48.5 Å². The molecule has 2 aromatic rings. The zero-order valence-electron chi connectivity index (χ0n) is 19.3. The van der Waals surface area contributed by atoms with Crippen molar-refractivity contribution in [2.75, 3.05) is 4.81 Å². The Morgan fingerprint density at radius 3 is 1.69 bits per heavy atom. The van der Waals surface area contributed by atoms with Crippen molar-refractivity contribution in [2.24, 2.45) is 0 Å². The van der Waals surface area contributed by atoms with Gasteiger partial charge in [0.25, 0.3) is 0 Å². The van der Waals surface area contributed by atoms with Gasteiger partial charge in [-0.05, 0) is 56.2 Å². The van der Waals surface area contributed by atoms with Gasteiger partial charge in [-0.15, -0.1) is 0 Å². The summed E-state index contributed by atoms with van der Waals surface area (Å²) < 4.78 is 13.1. The Balaban J connectivity index is 2.14. The zero-order valence-corrected chi connectivity index (χ0v) is 19.3. The highest BCUT2D eigenvalue weighted by atomic mass is 16.7. The van der Waals surface area contributed by atoms with Crippen LogP contribution in [0.3, 0.4) is 0 Å². The summed E-state index contributed by atoms with van der Waals surface area (Å²) in [6.45, 7) is 18.2. The van der Waals surface area contributed by atoms with Crippen molar-refractivity contribution in [1.82, 2.24) is 0 Å². The van der Waals surface area contributed by atoms with E-state index in [4.69, 9.17) is 9.31 Å². The molecule has 3 nitrogen and oxygen atoms in total. The summed E-state index contributed by atoms with van der Waals surface area (Å²) in [5, 5.41) is 0. The molecule has 0 aromatic heterocycles. The lowest BCUT2D eigenvalue weighted by Gasteiger charge is -2.33. The first kappa shape index (κ1) is 21.9. The maximum absolute atomic E-state index is 6.53. The number of hydrogen-bond donors (Lipinski definition) is 0. The van der Waals surface area contributed by atoms with Crippen molar-refractivity contribution in [2.45, 2.75) is 85.0 Å². The quantitative estimate of drug-likeness (QED) is 0.521. The Morgan fingerprint density at radius 1 is 0.759 bits per heavy atom. The van der Waals surface area contributed by atoms with Crippen LogP contribution in [-0.2, 0) is 15.9 Å². The molecule has 2 aromatic carbocycles. The minimum atomic E-state index is -0.433. The minimum absolute atomic E-state index is 0.378. The van der Waals surface area contributed by atoms with E-state index in [1.165, 1.54) is 22.4 Å². The van der Waals surface area contributed by atoms with Crippen LogP contribution in [-0.4, -0.2) is 18.5 Å². The fourth-order valence-corrected chi connectivity index (χ4v) is 3.82. The molecule has 1 heterocycles. The number of rotatable bonds is 6. The van der Waals surface area contributed by atoms with Crippen LogP contribution >= 0.6 is 0 Å². The molecule has 1 aliphatic rings. The molecule has 0 radical (unpaired) electrons. The Kier molecular flexibility index (Phi) is 6.17. The fourth-order valence-electron chi connectivity index (χ4n) is 3.82. The first-order valence-electron chi connectivity index (χ1n) is 10.8. The van der Waals surface area contributed by atoms with E-state index < -0.39 is 7.25 Å². The first-order valence-corrected chi connectivity index (χ1v) is 10.8. The molecule has 0 unspecified atom stereocenters. The maximum Gasteiger partial charge on any atom is 0.594 e. The second kappa shape index (κ2) is 8.16. The van der Waals surface area contributed by atoms with Crippen LogP contribution in [0.1, 0.15) is 83.9 Å². The molecule has 1 aliphatic heterocycles. The van der Waals surface area contributed by atoms with Crippen molar-refractivity contribution in [3.8, 4) is 0 Å². The lowest BCUT2D eigenvalue weighted by molar-refractivity contribution is 0.00578. The van der Waals surface area contributed by atoms with Gasteiger partial charge in [-0.3, -0.25) is 0 Å². The third-order valence-corrected chi connectivity index (χ3v) is 6.32. The molecule has 0 saturated carbocycles. The number of hydrogen-bond acceptors (Lipinski definition) is 3. The van der Waals surface area contributed by atoms with Gasteiger partial charge < -0.3 is 14.1 Å². The Hall–Kier alpha value is -1.78. The van der Waals surface area contributed by atoms with Crippen LogP contribution in [0.5, 0.6) is 0 Å². The normalized spacial score (nSPS) is 17.9. The van der Waals surface area contributed by atoms with Gasteiger partial charge in [0.15, 0.2) is 0 Å². The van der Waals surface area contributed by atoms with Gasteiger partial charge >= 0.3 is 7.25 Å². The molecule has 1 saturated heterocycles. The number of nitrogens with zero attached hydrogens (tertiary/aromatic N) is 1. The minimum Gasteiger partial charge on any atom is -0.384 e. The van der Waals surface area contributed by atoms with Crippen molar-refractivity contribution in [3.63, 3.8) is 0 Å². The van der Waals surface area contributed by atoms with E-state index in [0.717, 1.165) is 6.54 Å². The van der Waals surface area contributed by atoms with Crippen molar-refractivity contribution in [3.05, 3.63) is 65.2 Å². The lowest BCUT2D eigenvalue weighted by Crippen LogP contribution is -2.43. The number of anilines is 1. The summed E-state index contributed by atoms with van der Waals surface area (Å²) in [5.74, 6) is 0.814. The fraction of sp³-hybridized carbons (Fsp3) is 0.520. The monoisotopic (exact) mass is 393 g/mol. The number of benzene rings is 2. The van der Waals surface area contributed by atoms with Crippen LogP contribution in [0.25, 0.3) is 0 Å². The lowest BCUT2D eigenvalue weighted by atomic mass is 9.88. The summed E-state index contributed by atoms with van der Waals surface area (Å²) in [5.41, 5.74) is 4.41. The average Bonchev–Trinajstić information content (AvgIpc) is 2.87. The molecule has 3 rings (SSSR count). The van der Waals surface area contributed by atoms with Crippen LogP contribution in [0.2, 0.25) is 0 Å². The van der Waals surface area contributed by atoms with Crippen LogP contribution in [0, 0.1) is 0 Å². The highest BCUT2D eigenvalue weighted by molar-refractivity contribution is 6.51. The maximum atomic E-state index is 6.53. The van der Waals surface area contributed by atoms with E-state index in [0.29, 0.717) is 11.8 Å². The molecule has 0 bridgehead atoms. The average molecular weight is 393 g/mol. The smallest absolute Gasteiger partial charge is 0.384 e. The molecule has 0 spiro atoms. The van der Waals surface area contributed by atoms with Crippen LogP contribution < -0.4 is 4.81 Å². The second-order valence-corrected chi connectivity index (χ2v) is 9.77. The molecule has 0 atom stereocenters. The molecular formula is C25H36BNO2. The van der Waals surface area contributed by atoms with E-state index in [-0.39, 0.29) is 11.2 Å². The summed E-state index contributed by atoms with van der Waals surface area (Å²) in [6, 6.07) is 17.3. The van der Waals surface area contributed by atoms with Gasteiger partial charge in [0.05, 0.1) is 11.2 Å². The van der Waals surface area contributed by atoms with Crippen LogP contribution in [0.4, 0.5) is 5.69 Å². The Morgan fingerprint density at radius 2 is 1.24 bits per heavy atom. The molecule has 29 heavy (non-hydrogen) atoms. The van der Waals surface area contributed by atoms with E-state index in [9.17, 15) is 0 Å². The molecule has 156 valence electrons. The van der Waals surface area contributed by atoms with E-state index >= 15 is 0 Å². The molecule has 4 heteroatoms. The van der Waals surface area contributed by atoms with E-state index in [1.807, 2.05) is 0 Å². The molecule has 0 amide bonds. The highest BCUT2D eigenvalue weighted by Gasteiger charge is 2.54. The molecule has 0 N–H and O–H groups in total. The Bertz CT molecular complexity index is 788.